The van der Waals surface area contributed by atoms with Crippen LogP contribution in [0.2, 0.25) is 0 Å². The third kappa shape index (κ3) is 4.73. The fraction of sp³-hybridized carbons (Fsp3) is 0.115. The van der Waals surface area contributed by atoms with Crippen molar-refractivity contribution in [1.82, 2.24) is 19.5 Å². The summed E-state index contributed by atoms with van der Waals surface area (Å²) < 4.78 is 1.49. The molecule has 5 aromatic rings. The van der Waals surface area contributed by atoms with E-state index in [1.807, 2.05) is 66.9 Å². The van der Waals surface area contributed by atoms with Gasteiger partial charge in [0.05, 0.1) is 21.8 Å². The molecule has 0 fully saturated rings. The molecule has 0 saturated carbocycles. The minimum Gasteiger partial charge on any atom is -0.301 e. The standard InChI is InChI=1S/C26H21N5O2S2/c1-16-9-8-14-27-22(16)31-24(33)19-12-6-7-13-20(19)29-26(31)35-17(2)23(32)30-25-28-21(15-34-25)18-10-4-3-5-11-18/h3-15,17H,1-2H3,(H,28,30,32). The van der Waals surface area contributed by atoms with Crippen LogP contribution >= 0.6 is 23.1 Å². The smallest absolute Gasteiger partial charge is 0.267 e. The lowest BCUT2D eigenvalue weighted by atomic mass is 10.2. The van der Waals surface area contributed by atoms with E-state index in [-0.39, 0.29) is 11.5 Å². The Morgan fingerprint density at radius 2 is 1.80 bits per heavy atom. The summed E-state index contributed by atoms with van der Waals surface area (Å²) in [6.07, 6.45) is 1.64. The molecule has 1 atom stereocenters. The van der Waals surface area contributed by atoms with E-state index in [0.29, 0.717) is 27.0 Å². The van der Waals surface area contributed by atoms with E-state index in [1.165, 1.54) is 27.7 Å². The molecule has 0 aliphatic rings. The zero-order chi connectivity index (χ0) is 24.4. The van der Waals surface area contributed by atoms with Crippen LogP contribution in [-0.2, 0) is 4.79 Å². The van der Waals surface area contributed by atoms with Crippen LogP contribution in [-0.4, -0.2) is 30.7 Å². The monoisotopic (exact) mass is 499 g/mol. The summed E-state index contributed by atoms with van der Waals surface area (Å²) in [7, 11) is 0. The Morgan fingerprint density at radius 1 is 1.03 bits per heavy atom. The summed E-state index contributed by atoms with van der Waals surface area (Å²) in [4.78, 5) is 40.2. The molecule has 0 spiro atoms. The molecule has 0 aliphatic carbocycles. The highest BCUT2D eigenvalue weighted by Crippen LogP contribution is 2.28. The molecule has 174 valence electrons. The normalized spacial score (nSPS) is 11.9. The maximum atomic E-state index is 13.4. The first-order valence-corrected chi connectivity index (χ1v) is 12.7. The number of nitrogens with one attached hydrogen (secondary N) is 1. The van der Waals surface area contributed by atoms with Crippen LogP contribution in [0.1, 0.15) is 12.5 Å². The lowest BCUT2D eigenvalue weighted by Gasteiger charge is -2.16. The number of benzene rings is 2. The maximum absolute atomic E-state index is 13.4. The number of rotatable bonds is 6. The van der Waals surface area contributed by atoms with E-state index in [1.54, 1.807) is 25.3 Å². The lowest BCUT2D eigenvalue weighted by molar-refractivity contribution is -0.115. The predicted molar refractivity (Wildman–Crippen MR) is 141 cm³/mol. The van der Waals surface area contributed by atoms with Gasteiger partial charge in [-0.25, -0.2) is 19.5 Å². The minimum atomic E-state index is -0.539. The second kappa shape index (κ2) is 9.81. The van der Waals surface area contributed by atoms with E-state index in [2.05, 4.69) is 15.3 Å². The van der Waals surface area contributed by atoms with Crippen molar-refractivity contribution >= 4 is 45.0 Å². The Labute approximate surface area is 209 Å². The maximum Gasteiger partial charge on any atom is 0.267 e. The van der Waals surface area contributed by atoms with Crippen molar-refractivity contribution in [2.24, 2.45) is 0 Å². The number of pyridine rings is 1. The predicted octanol–water partition coefficient (Wildman–Crippen LogP) is 5.33. The van der Waals surface area contributed by atoms with Crippen LogP contribution in [0.5, 0.6) is 0 Å². The van der Waals surface area contributed by atoms with E-state index >= 15 is 0 Å². The Balaban J connectivity index is 1.44. The number of carbonyl (C=O) groups is 1. The summed E-state index contributed by atoms with van der Waals surface area (Å²) in [5, 5.41) is 5.68. The van der Waals surface area contributed by atoms with E-state index in [4.69, 9.17) is 4.98 Å². The van der Waals surface area contributed by atoms with Crippen molar-refractivity contribution in [3.8, 4) is 17.1 Å². The van der Waals surface area contributed by atoms with Crippen LogP contribution in [0.4, 0.5) is 5.13 Å². The van der Waals surface area contributed by atoms with Gasteiger partial charge in [0.2, 0.25) is 5.91 Å². The molecule has 3 heterocycles. The van der Waals surface area contributed by atoms with Crippen molar-refractivity contribution in [2.75, 3.05) is 5.32 Å². The Bertz CT molecular complexity index is 1580. The highest BCUT2D eigenvalue weighted by Gasteiger charge is 2.22. The number of carbonyl (C=O) groups excluding carboxylic acids is 1. The molecule has 5 rings (SSSR count). The first kappa shape index (κ1) is 22.9. The fourth-order valence-corrected chi connectivity index (χ4v) is 5.21. The Kier molecular flexibility index (Phi) is 6.43. The van der Waals surface area contributed by atoms with E-state index in [0.717, 1.165) is 16.8 Å². The molecular weight excluding hydrogens is 478 g/mol. The van der Waals surface area contributed by atoms with Crippen LogP contribution in [0.25, 0.3) is 28.0 Å². The number of para-hydroxylation sites is 1. The number of anilines is 1. The van der Waals surface area contributed by atoms with Crippen LogP contribution in [0, 0.1) is 6.92 Å². The second-order valence-electron chi connectivity index (χ2n) is 7.85. The molecule has 35 heavy (non-hydrogen) atoms. The number of aryl methyl sites for hydroxylation is 1. The summed E-state index contributed by atoms with van der Waals surface area (Å²) in [6, 6.07) is 20.7. The lowest BCUT2D eigenvalue weighted by Crippen LogP contribution is -2.27. The van der Waals surface area contributed by atoms with Crippen molar-refractivity contribution < 1.29 is 4.79 Å². The molecule has 0 radical (unpaired) electrons. The molecule has 9 heteroatoms. The zero-order valence-corrected chi connectivity index (χ0v) is 20.6. The SMILES string of the molecule is Cc1cccnc1-n1c(SC(C)C(=O)Nc2nc(-c3ccccc3)cs2)nc2ccccc2c1=O. The highest BCUT2D eigenvalue weighted by atomic mass is 32.2. The van der Waals surface area contributed by atoms with Gasteiger partial charge in [-0.05, 0) is 37.6 Å². The van der Waals surface area contributed by atoms with Crippen molar-refractivity contribution in [2.45, 2.75) is 24.3 Å². The van der Waals surface area contributed by atoms with Crippen LogP contribution < -0.4 is 10.9 Å². The second-order valence-corrected chi connectivity index (χ2v) is 10.0. The van der Waals surface area contributed by atoms with Gasteiger partial charge in [-0.2, -0.15) is 0 Å². The van der Waals surface area contributed by atoms with E-state index < -0.39 is 5.25 Å². The number of amides is 1. The zero-order valence-electron chi connectivity index (χ0n) is 19.0. The number of aromatic nitrogens is 4. The summed E-state index contributed by atoms with van der Waals surface area (Å²) in [6.45, 7) is 3.67. The quantitative estimate of drug-likeness (QED) is 0.251. The molecule has 1 amide bonds. The highest BCUT2D eigenvalue weighted by molar-refractivity contribution is 8.00. The Hall–Kier alpha value is -3.82. The van der Waals surface area contributed by atoms with Crippen molar-refractivity contribution in [1.29, 1.82) is 0 Å². The molecular formula is C26H21N5O2S2. The number of nitrogens with zero attached hydrogens (tertiary/aromatic N) is 4. The van der Waals surface area contributed by atoms with Gasteiger partial charge >= 0.3 is 0 Å². The molecule has 3 aromatic heterocycles. The molecule has 1 N–H and O–H groups in total. The summed E-state index contributed by atoms with van der Waals surface area (Å²) in [5.74, 6) is 0.272. The fourth-order valence-electron chi connectivity index (χ4n) is 3.58. The van der Waals surface area contributed by atoms with Gasteiger partial charge in [0.25, 0.3) is 5.56 Å². The van der Waals surface area contributed by atoms with E-state index in [9.17, 15) is 9.59 Å². The van der Waals surface area contributed by atoms with Gasteiger partial charge in [-0.3, -0.25) is 9.59 Å². The number of fused-ring (bicyclic) bond motifs is 1. The van der Waals surface area contributed by atoms with Crippen LogP contribution in [0.3, 0.4) is 0 Å². The molecule has 0 saturated heterocycles. The van der Waals surface area contributed by atoms with Crippen molar-refractivity contribution in [3.05, 3.63) is 94.2 Å². The van der Waals surface area contributed by atoms with Gasteiger partial charge in [-0.1, -0.05) is 60.3 Å². The number of thiazole rings is 1. The van der Waals surface area contributed by atoms with Crippen molar-refractivity contribution in [3.63, 3.8) is 0 Å². The number of hydrogen-bond acceptors (Lipinski definition) is 7. The van der Waals surface area contributed by atoms with Gasteiger partial charge in [0.1, 0.15) is 5.82 Å². The third-order valence-electron chi connectivity index (χ3n) is 5.39. The average molecular weight is 500 g/mol. The average Bonchev–Trinajstić information content (AvgIpc) is 3.34. The molecule has 1 unspecified atom stereocenters. The summed E-state index contributed by atoms with van der Waals surface area (Å²) >= 11 is 2.58. The number of thioether (sulfide) groups is 1. The molecule has 0 bridgehead atoms. The molecule has 2 aromatic carbocycles. The largest absolute Gasteiger partial charge is 0.301 e. The molecule has 7 nitrogen and oxygen atoms in total. The Morgan fingerprint density at radius 3 is 2.60 bits per heavy atom. The number of hydrogen-bond donors (Lipinski definition) is 1. The summed E-state index contributed by atoms with van der Waals surface area (Å²) in [5.41, 5.74) is 2.98. The molecule has 0 aliphatic heterocycles. The van der Waals surface area contributed by atoms with Gasteiger partial charge in [0, 0.05) is 17.1 Å². The first-order valence-electron chi connectivity index (χ1n) is 10.9. The van der Waals surface area contributed by atoms with Crippen LogP contribution in [0.15, 0.2) is 88.3 Å². The first-order chi connectivity index (χ1) is 17.0. The van der Waals surface area contributed by atoms with Gasteiger partial charge in [0.15, 0.2) is 10.3 Å². The third-order valence-corrected chi connectivity index (χ3v) is 7.20. The topological polar surface area (TPSA) is 89.8 Å². The van der Waals surface area contributed by atoms with Gasteiger partial charge in [-0.15, -0.1) is 11.3 Å². The minimum absolute atomic E-state index is 0.222. The van der Waals surface area contributed by atoms with Gasteiger partial charge < -0.3 is 5.32 Å².